The molecule has 4 atom stereocenters. The maximum Gasteiger partial charge on any atom is 0.271 e. The Morgan fingerprint density at radius 1 is 1.09 bits per heavy atom. The second-order valence-corrected chi connectivity index (χ2v) is 26.5. The number of nitrogens with zero attached hydrogens (tertiary/aromatic N) is 1. The van der Waals surface area contributed by atoms with Crippen LogP contribution in [0.3, 0.4) is 0 Å². The smallest absolute Gasteiger partial charge is 0.271 e. The monoisotopic (exact) mass is 659 g/mol. The number of allylic oxidation sites excluding steroid dienone is 5. The fourth-order valence-electron chi connectivity index (χ4n) is 6.78. The Labute approximate surface area is 277 Å². The number of hydrogen-bond acceptors (Lipinski definition) is 5. The molecule has 0 spiro atoms. The molecule has 0 aromatic rings. The van der Waals surface area contributed by atoms with Crippen molar-refractivity contribution >= 4 is 22.5 Å². The summed E-state index contributed by atoms with van der Waals surface area (Å²) >= 11 is 0. The van der Waals surface area contributed by atoms with Gasteiger partial charge in [0.1, 0.15) is 6.61 Å². The van der Waals surface area contributed by atoms with Gasteiger partial charge in [-0.05, 0) is 90.8 Å². The van der Waals surface area contributed by atoms with Gasteiger partial charge < -0.3 is 13.6 Å². The van der Waals surface area contributed by atoms with Crippen molar-refractivity contribution in [1.29, 1.82) is 0 Å². The van der Waals surface area contributed by atoms with Gasteiger partial charge >= 0.3 is 0 Å². The van der Waals surface area contributed by atoms with E-state index in [2.05, 4.69) is 106 Å². The molecule has 6 nitrogen and oxygen atoms in total. The highest BCUT2D eigenvalue weighted by Gasteiger charge is 2.52. The number of amides is 1. The van der Waals surface area contributed by atoms with Gasteiger partial charge in [-0.25, -0.2) is 5.06 Å². The van der Waals surface area contributed by atoms with Gasteiger partial charge in [0.25, 0.3) is 5.91 Å². The lowest BCUT2D eigenvalue weighted by Crippen LogP contribution is -2.56. The van der Waals surface area contributed by atoms with Gasteiger partial charge in [0.15, 0.2) is 22.4 Å². The molecule has 0 N–H and O–H groups in total. The number of hydrogen-bond donors (Lipinski definition) is 0. The van der Waals surface area contributed by atoms with E-state index in [0.29, 0.717) is 18.8 Å². The molecule has 0 aromatic carbocycles. The molecule has 45 heavy (non-hydrogen) atoms. The number of fused-ring (bicyclic) bond motifs is 1. The Kier molecular flexibility index (Phi) is 11.6. The van der Waals surface area contributed by atoms with Crippen LogP contribution < -0.4 is 0 Å². The van der Waals surface area contributed by atoms with Crippen LogP contribution in [0.1, 0.15) is 100 Å². The van der Waals surface area contributed by atoms with Crippen molar-refractivity contribution in [2.24, 2.45) is 11.3 Å². The molecule has 256 valence electrons. The third kappa shape index (κ3) is 8.23. The molecule has 2 unspecified atom stereocenters. The molecule has 3 aliphatic carbocycles. The summed E-state index contributed by atoms with van der Waals surface area (Å²) in [4.78, 5) is 18.2. The van der Waals surface area contributed by atoms with Gasteiger partial charge in [0.2, 0.25) is 0 Å². The van der Waals surface area contributed by atoms with Crippen molar-refractivity contribution in [3.8, 4) is 0 Å². The SMILES string of the molecule is C=C1C(=CC=C2CCC[C@]3(C)C(CC)=CCC23)CC(OCC(=O)N(C)OC)(O[Si](C)(C)C(C)(C)C)C[C@@H]1O[Si](C)(C)C(C)(C)C. The Hall–Kier alpha value is -1.30. The quantitative estimate of drug-likeness (QED) is 0.101. The first-order chi connectivity index (χ1) is 20.5. The highest BCUT2D eigenvalue weighted by Crippen LogP contribution is 2.56. The van der Waals surface area contributed by atoms with E-state index in [1.165, 1.54) is 30.6 Å². The highest BCUT2D eigenvalue weighted by atomic mass is 28.4. The topological polar surface area (TPSA) is 57.2 Å². The van der Waals surface area contributed by atoms with Crippen molar-refractivity contribution < 1.29 is 23.2 Å². The fraction of sp³-hybridized carbons (Fsp3) is 0.757. The van der Waals surface area contributed by atoms with E-state index >= 15 is 0 Å². The molecule has 3 aliphatic rings. The number of carbonyl (C=O) groups is 1. The lowest BCUT2D eigenvalue weighted by Gasteiger charge is -2.51. The van der Waals surface area contributed by atoms with Crippen LogP contribution >= 0.6 is 0 Å². The third-order valence-electron chi connectivity index (χ3n) is 11.9. The molecule has 1 amide bonds. The average Bonchev–Trinajstić information content (AvgIpc) is 3.27. The van der Waals surface area contributed by atoms with Gasteiger partial charge in [-0.2, -0.15) is 0 Å². The first-order valence-corrected chi connectivity index (χ1v) is 22.9. The second-order valence-electron chi connectivity index (χ2n) is 17.0. The molecule has 0 bridgehead atoms. The average molecular weight is 660 g/mol. The van der Waals surface area contributed by atoms with Crippen LogP contribution in [0.25, 0.3) is 0 Å². The fourth-order valence-corrected chi connectivity index (χ4v) is 9.52. The summed E-state index contributed by atoms with van der Waals surface area (Å²) in [5, 5.41) is 1.19. The Morgan fingerprint density at radius 3 is 2.27 bits per heavy atom. The van der Waals surface area contributed by atoms with Crippen LogP contribution in [0, 0.1) is 11.3 Å². The minimum atomic E-state index is -2.35. The maximum absolute atomic E-state index is 13.0. The van der Waals surface area contributed by atoms with Crippen LogP contribution in [-0.4, -0.2) is 60.3 Å². The van der Waals surface area contributed by atoms with E-state index < -0.39 is 22.4 Å². The summed E-state index contributed by atoms with van der Waals surface area (Å²) in [6.45, 7) is 31.9. The van der Waals surface area contributed by atoms with Gasteiger partial charge in [0, 0.05) is 19.9 Å². The van der Waals surface area contributed by atoms with Gasteiger partial charge in [-0.1, -0.05) is 91.3 Å². The number of hydroxylamine groups is 2. The minimum Gasteiger partial charge on any atom is -0.410 e. The first kappa shape index (κ1) is 38.2. The Morgan fingerprint density at radius 2 is 1.71 bits per heavy atom. The first-order valence-electron chi connectivity index (χ1n) is 17.1. The molecule has 2 saturated carbocycles. The van der Waals surface area contributed by atoms with Crippen molar-refractivity contribution in [2.75, 3.05) is 20.8 Å². The zero-order valence-electron chi connectivity index (χ0n) is 31.2. The van der Waals surface area contributed by atoms with Gasteiger partial charge in [0.05, 0.1) is 13.2 Å². The predicted octanol–water partition coefficient (Wildman–Crippen LogP) is 9.88. The number of likely N-dealkylation sites (N-methyl/N-ethyl adjacent to an activating group) is 1. The molecule has 0 saturated heterocycles. The van der Waals surface area contributed by atoms with Crippen molar-refractivity contribution in [3.63, 3.8) is 0 Å². The van der Waals surface area contributed by atoms with Crippen molar-refractivity contribution in [1.82, 2.24) is 5.06 Å². The van der Waals surface area contributed by atoms with Crippen molar-refractivity contribution in [2.45, 2.75) is 148 Å². The lowest BCUT2D eigenvalue weighted by molar-refractivity contribution is -0.221. The van der Waals surface area contributed by atoms with E-state index in [1.807, 2.05) is 0 Å². The van der Waals surface area contributed by atoms with Crippen LogP contribution in [-0.2, 0) is 23.2 Å². The maximum atomic E-state index is 13.0. The molecule has 0 aromatic heterocycles. The van der Waals surface area contributed by atoms with E-state index in [4.69, 9.17) is 18.4 Å². The largest absolute Gasteiger partial charge is 0.410 e. The molecule has 0 radical (unpaired) electrons. The molecular weight excluding hydrogens is 595 g/mol. The van der Waals surface area contributed by atoms with Crippen molar-refractivity contribution in [3.05, 3.63) is 47.1 Å². The summed E-state index contributed by atoms with van der Waals surface area (Å²) in [5.74, 6) is -0.727. The van der Waals surface area contributed by atoms with Gasteiger partial charge in [-0.15, -0.1) is 0 Å². The Bertz CT molecular complexity index is 1200. The number of ether oxygens (including phenoxy) is 1. The number of rotatable bonds is 10. The van der Waals surface area contributed by atoms with E-state index in [1.54, 1.807) is 12.6 Å². The molecule has 3 rings (SSSR count). The minimum absolute atomic E-state index is 0.0243. The second kappa shape index (κ2) is 13.7. The Balaban J connectivity index is 2.11. The zero-order valence-corrected chi connectivity index (χ0v) is 33.2. The summed E-state index contributed by atoms with van der Waals surface area (Å²) in [5.41, 5.74) is 5.52. The van der Waals surface area contributed by atoms with E-state index in [-0.39, 0.29) is 34.1 Å². The lowest BCUT2D eigenvalue weighted by atomic mass is 9.64. The molecular formula is C37H65NO5Si2. The van der Waals surface area contributed by atoms with Crippen LogP contribution in [0.15, 0.2) is 47.1 Å². The summed E-state index contributed by atoms with van der Waals surface area (Å²) in [6, 6.07) is 0. The number of carbonyl (C=O) groups excluding carboxylic acids is 1. The standard InChI is InChI=1S/C37H65NO5Si2/c1-16-30-21-22-31-28(18-17-23-36(30,31)9)19-20-29-24-37(41-26-33(39)38(10)40-11,43-45(14,15)35(6,7)8)25-32(27(29)2)42-44(12,13)34(3,4)5/h19-21,31-32H,2,16-18,22-26H2,1,3-15H3/t31?,32-,36+,37?/m0/s1. The summed E-state index contributed by atoms with van der Waals surface area (Å²) < 4.78 is 21.0. The molecule has 8 heteroatoms. The molecule has 0 aliphatic heterocycles. The van der Waals surface area contributed by atoms with E-state index in [9.17, 15) is 4.79 Å². The van der Waals surface area contributed by atoms with Crippen LogP contribution in [0.5, 0.6) is 0 Å². The highest BCUT2D eigenvalue weighted by molar-refractivity contribution is 6.74. The summed E-state index contributed by atoms with van der Waals surface area (Å²) in [6.07, 6.45) is 13.8. The molecule has 2 fully saturated rings. The third-order valence-corrected chi connectivity index (χ3v) is 20.9. The van der Waals surface area contributed by atoms with Crippen LogP contribution in [0.2, 0.25) is 36.3 Å². The molecule has 0 heterocycles. The summed E-state index contributed by atoms with van der Waals surface area (Å²) in [7, 11) is -1.44. The van der Waals surface area contributed by atoms with E-state index in [0.717, 1.165) is 30.4 Å². The normalized spacial score (nSPS) is 30.1. The predicted molar refractivity (Wildman–Crippen MR) is 192 cm³/mol. The zero-order chi connectivity index (χ0) is 34.2. The van der Waals surface area contributed by atoms with Gasteiger partial charge in [-0.3, -0.25) is 9.63 Å². The van der Waals surface area contributed by atoms with Crippen LogP contribution in [0.4, 0.5) is 0 Å².